The Bertz CT molecular complexity index is 1060. The van der Waals surface area contributed by atoms with Crippen LogP contribution in [0.4, 0.5) is 0 Å². The van der Waals surface area contributed by atoms with Crippen molar-refractivity contribution in [2.45, 2.75) is 11.5 Å². The number of aromatic nitrogens is 2. The molecule has 0 atom stereocenters. The summed E-state index contributed by atoms with van der Waals surface area (Å²) in [5.74, 6) is 0.0302. The summed E-state index contributed by atoms with van der Waals surface area (Å²) < 4.78 is 7.37. The molecular formula is C24H20N2O2S. The van der Waals surface area contributed by atoms with E-state index >= 15 is 0 Å². The van der Waals surface area contributed by atoms with Gasteiger partial charge in [-0.3, -0.25) is 4.79 Å². The number of benzene rings is 3. The van der Waals surface area contributed by atoms with Crippen molar-refractivity contribution in [1.29, 1.82) is 0 Å². The number of thioether (sulfide) groups is 1. The minimum absolute atomic E-state index is 0.186. The van der Waals surface area contributed by atoms with Crippen molar-refractivity contribution in [2.24, 2.45) is 0 Å². The zero-order valence-electron chi connectivity index (χ0n) is 15.8. The van der Waals surface area contributed by atoms with Crippen LogP contribution in [0.15, 0.2) is 102 Å². The standard InChI is InChI=1S/C24H20N2O2S/c27-23(18-29-22-14-8-3-9-15-22)28-17-20-16-26(21-12-6-2-7-13-21)25-24(20)19-10-4-1-5-11-19/h1-16H,17-18H2. The summed E-state index contributed by atoms with van der Waals surface area (Å²) in [5.41, 5.74) is 3.64. The van der Waals surface area contributed by atoms with Gasteiger partial charge in [0.15, 0.2) is 0 Å². The smallest absolute Gasteiger partial charge is 0.316 e. The molecule has 1 aromatic heterocycles. The number of nitrogens with zero attached hydrogens (tertiary/aromatic N) is 2. The van der Waals surface area contributed by atoms with Crippen molar-refractivity contribution in [3.63, 3.8) is 0 Å². The predicted molar refractivity (Wildman–Crippen MR) is 116 cm³/mol. The molecule has 0 amide bonds. The third-order valence-corrected chi connectivity index (χ3v) is 5.33. The van der Waals surface area contributed by atoms with Crippen LogP contribution in [0.1, 0.15) is 5.56 Å². The van der Waals surface area contributed by atoms with E-state index < -0.39 is 0 Å². The summed E-state index contributed by atoms with van der Waals surface area (Å²) in [6.07, 6.45) is 1.93. The van der Waals surface area contributed by atoms with Gasteiger partial charge in [-0.25, -0.2) is 4.68 Å². The quantitative estimate of drug-likeness (QED) is 0.309. The first-order valence-corrected chi connectivity index (χ1v) is 10.3. The second-order valence-corrected chi connectivity index (χ2v) is 7.46. The van der Waals surface area contributed by atoms with Gasteiger partial charge in [-0.05, 0) is 24.3 Å². The lowest BCUT2D eigenvalue weighted by Crippen LogP contribution is -2.07. The second-order valence-electron chi connectivity index (χ2n) is 6.41. The van der Waals surface area contributed by atoms with Gasteiger partial charge in [0.25, 0.3) is 0 Å². The molecule has 4 nitrogen and oxygen atoms in total. The van der Waals surface area contributed by atoms with E-state index in [0.29, 0.717) is 0 Å². The number of carbonyl (C=O) groups is 1. The van der Waals surface area contributed by atoms with Gasteiger partial charge >= 0.3 is 5.97 Å². The molecule has 0 unspecified atom stereocenters. The topological polar surface area (TPSA) is 44.1 Å². The monoisotopic (exact) mass is 400 g/mol. The Morgan fingerprint density at radius 3 is 2.17 bits per heavy atom. The molecule has 0 bridgehead atoms. The molecule has 0 aliphatic heterocycles. The average Bonchev–Trinajstić information content (AvgIpc) is 3.22. The highest BCUT2D eigenvalue weighted by atomic mass is 32.2. The van der Waals surface area contributed by atoms with E-state index in [-0.39, 0.29) is 18.3 Å². The molecule has 0 radical (unpaired) electrons. The SMILES string of the molecule is O=C(CSc1ccccc1)OCc1cn(-c2ccccc2)nc1-c1ccccc1. The first kappa shape index (κ1) is 19.0. The molecule has 4 aromatic rings. The lowest BCUT2D eigenvalue weighted by molar-refractivity contribution is -0.141. The molecule has 29 heavy (non-hydrogen) atoms. The molecule has 144 valence electrons. The summed E-state index contributed by atoms with van der Waals surface area (Å²) in [5, 5.41) is 4.74. The maximum absolute atomic E-state index is 12.2. The molecule has 0 saturated carbocycles. The minimum atomic E-state index is -0.245. The Hall–Kier alpha value is -3.31. The lowest BCUT2D eigenvalue weighted by Gasteiger charge is -2.05. The van der Waals surface area contributed by atoms with Gasteiger partial charge in [-0.1, -0.05) is 66.7 Å². The number of hydrogen-bond donors (Lipinski definition) is 0. The van der Waals surface area contributed by atoms with E-state index in [0.717, 1.165) is 27.4 Å². The number of rotatable bonds is 7. The fraction of sp³-hybridized carbons (Fsp3) is 0.0833. The van der Waals surface area contributed by atoms with Crippen molar-refractivity contribution in [3.05, 3.63) is 103 Å². The molecule has 3 aromatic carbocycles. The fourth-order valence-electron chi connectivity index (χ4n) is 2.93. The van der Waals surface area contributed by atoms with Gasteiger partial charge in [0, 0.05) is 22.2 Å². The highest BCUT2D eigenvalue weighted by molar-refractivity contribution is 8.00. The molecule has 0 aliphatic rings. The summed E-state index contributed by atoms with van der Waals surface area (Å²) in [7, 11) is 0. The van der Waals surface area contributed by atoms with Crippen LogP contribution in [0.25, 0.3) is 16.9 Å². The highest BCUT2D eigenvalue weighted by Gasteiger charge is 2.14. The van der Waals surface area contributed by atoms with Crippen LogP contribution in [0.3, 0.4) is 0 Å². The first-order chi connectivity index (χ1) is 14.3. The summed E-state index contributed by atoms with van der Waals surface area (Å²) in [6, 6.07) is 29.7. The molecule has 0 aliphatic carbocycles. The van der Waals surface area contributed by atoms with Crippen LogP contribution >= 0.6 is 11.8 Å². The Morgan fingerprint density at radius 1 is 0.862 bits per heavy atom. The number of ether oxygens (including phenoxy) is 1. The van der Waals surface area contributed by atoms with Gasteiger partial charge in [0.1, 0.15) is 6.61 Å². The minimum Gasteiger partial charge on any atom is -0.460 e. The van der Waals surface area contributed by atoms with E-state index in [2.05, 4.69) is 0 Å². The third-order valence-electron chi connectivity index (χ3n) is 4.35. The van der Waals surface area contributed by atoms with Gasteiger partial charge in [-0.15, -0.1) is 11.8 Å². The Labute approximate surface area is 174 Å². The van der Waals surface area contributed by atoms with Crippen molar-refractivity contribution in [1.82, 2.24) is 9.78 Å². The van der Waals surface area contributed by atoms with Crippen LogP contribution in [0, 0.1) is 0 Å². The Morgan fingerprint density at radius 2 is 1.48 bits per heavy atom. The number of hydrogen-bond acceptors (Lipinski definition) is 4. The molecule has 1 heterocycles. The Kier molecular flexibility index (Phi) is 6.07. The molecule has 0 spiro atoms. The summed E-state index contributed by atoms with van der Waals surface area (Å²) in [6.45, 7) is 0.186. The van der Waals surface area contributed by atoms with Gasteiger partial charge in [-0.2, -0.15) is 5.10 Å². The number of esters is 1. The van der Waals surface area contributed by atoms with Crippen LogP contribution in [0.2, 0.25) is 0 Å². The third kappa shape index (κ3) is 4.95. The van der Waals surface area contributed by atoms with Crippen molar-refractivity contribution < 1.29 is 9.53 Å². The van der Waals surface area contributed by atoms with E-state index in [4.69, 9.17) is 9.84 Å². The van der Waals surface area contributed by atoms with Crippen LogP contribution in [0.5, 0.6) is 0 Å². The van der Waals surface area contributed by atoms with Crippen molar-refractivity contribution in [3.8, 4) is 16.9 Å². The van der Waals surface area contributed by atoms with Gasteiger partial charge < -0.3 is 4.74 Å². The van der Waals surface area contributed by atoms with Crippen LogP contribution in [-0.2, 0) is 16.1 Å². The van der Waals surface area contributed by atoms with E-state index in [1.807, 2.05) is 102 Å². The number of para-hydroxylation sites is 1. The van der Waals surface area contributed by atoms with Crippen LogP contribution in [-0.4, -0.2) is 21.5 Å². The van der Waals surface area contributed by atoms with Gasteiger partial charge in [0.2, 0.25) is 0 Å². The summed E-state index contributed by atoms with van der Waals surface area (Å²) in [4.78, 5) is 13.3. The highest BCUT2D eigenvalue weighted by Crippen LogP contribution is 2.25. The fourth-order valence-corrected chi connectivity index (χ4v) is 3.64. The average molecular weight is 401 g/mol. The van der Waals surface area contributed by atoms with Crippen LogP contribution < -0.4 is 0 Å². The van der Waals surface area contributed by atoms with Gasteiger partial charge in [0.05, 0.1) is 17.1 Å². The molecule has 0 fully saturated rings. The zero-order chi connectivity index (χ0) is 19.9. The maximum atomic E-state index is 12.2. The molecular weight excluding hydrogens is 380 g/mol. The second kappa shape index (κ2) is 9.26. The molecule has 5 heteroatoms. The summed E-state index contributed by atoms with van der Waals surface area (Å²) >= 11 is 1.47. The first-order valence-electron chi connectivity index (χ1n) is 9.32. The van der Waals surface area contributed by atoms with Crippen molar-refractivity contribution in [2.75, 3.05) is 5.75 Å². The zero-order valence-corrected chi connectivity index (χ0v) is 16.6. The molecule has 4 rings (SSSR count). The van der Waals surface area contributed by atoms with E-state index in [1.54, 1.807) is 0 Å². The normalized spacial score (nSPS) is 10.6. The molecule has 0 saturated heterocycles. The maximum Gasteiger partial charge on any atom is 0.316 e. The largest absolute Gasteiger partial charge is 0.460 e. The van der Waals surface area contributed by atoms with E-state index in [9.17, 15) is 4.79 Å². The number of carbonyl (C=O) groups excluding carboxylic acids is 1. The Balaban J connectivity index is 1.49. The van der Waals surface area contributed by atoms with E-state index in [1.165, 1.54) is 11.8 Å². The lowest BCUT2D eigenvalue weighted by atomic mass is 10.1. The van der Waals surface area contributed by atoms with Crippen molar-refractivity contribution >= 4 is 17.7 Å². The predicted octanol–water partition coefficient (Wildman–Crippen LogP) is 5.37. The molecule has 0 N–H and O–H groups in total.